The van der Waals surface area contributed by atoms with Crippen LogP contribution in [0, 0.1) is 5.82 Å². The lowest BCUT2D eigenvalue weighted by atomic mass is 10.1. The smallest absolute Gasteiger partial charge is 0.306 e. The second kappa shape index (κ2) is 4.59. The fraction of sp³-hybridized carbons (Fsp3) is 0.400. The molecule has 1 aromatic carbocycles. The Labute approximate surface area is 98.2 Å². The van der Waals surface area contributed by atoms with E-state index in [0.717, 1.165) is 12.3 Å². The molecular weight excluding hydrogens is 251 g/mol. The predicted octanol–water partition coefficient (Wildman–Crippen LogP) is 1.17. The Bertz CT molecular complexity index is 526. The second-order valence-electron chi connectivity index (χ2n) is 3.60. The zero-order valence-corrected chi connectivity index (χ0v) is 9.92. The molecule has 17 heavy (non-hydrogen) atoms. The number of hydrogen-bond donors (Lipinski definition) is 0. The van der Waals surface area contributed by atoms with Gasteiger partial charge in [-0.2, -0.15) is 8.42 Å². The Morgan fingerprint density at radius 1 is 1.24 bits per heavy atom. The van der Waals surface area contributed by atoms with E-state index in [9.17, 15) is 12.8 Å². The molecule has 0 fully saturated rings. The normalized spacial score (nSPS) is 16.1. The minimum Gasteiger partial charge on any atom is -0.382 e. The van der Waals surface area contributed by atoms with E-state index in [2.05, 4.69) is 0 Å². The SMILES string of the molecule is CS(=O)(=O)Oc1ccc(F)c2c1COCOC2. The molecule has 0 spiro atoms. The molecule has 0 unspecified atom stereocenters. The van der Waals surface area contributed by atoms with Crippen molar-refractivity contribution in [1.29, 1.82) is 0 Å². The monoisotopic (exact) mass is 262 g/mol. The summed E-state index contributed by atoms with van der Waals surface area (Å²) < 4.78 is 50.5. The van der Waals surface area contributed by atoms with Crippen LogP contribution < -0.4 is 4.18 Å². The van der Waals surface area contributed by atoms with Crippen molar-refractivity contribution >= 4 is 10.1 Å². The van der Waals surface area contributed by atoms with E-state index in [4.69, 9.17) is 13.7 Å². The molecule has 5 nitrogen and oxygen atoms in total. The third-order valence-electron chi connectivity index (χ3n) is 2.23. The van der Waals surface area contributed by atoms with Crippen LogP contribution in [0.25, 0.3) is 0 Å². The van der Waals surface area contributed by atoms with Gasteiger partial charge in [0.15, 0.2) is 0 Å². The molecule has 0 bridgehead atoms. The van der Waals surface area contributed by atoms with Crippen LogP contribution >= 0.6 is 0 Å². The molecule has 1 aliphatic heterocycles. The molecule has 0 N–H and O–H groups in total. The number of hydrogen-bond acceptors (Lipinski definition) is 5. The van der Waals surface area contributed by atoms with Gasteiger partial charge in [-0.3, -0.25) is 0 Å². The van der Waals surface area contributed by atoms with Crippen LogP contribution in [-0.2, 0) is 32.8 Å². The maximum Gasteiger partial charge on any atom is 0.306 e. The van der Waals surface area contributed by atoms with Crippen LogP contribution in [0.5, 0.6) is 5.75 Å². The Morgan fingerprint density at radius 3 is 2.53 bits per heavy atom. The van der Waals surface area contributed by atoms with Crippen molar-refractivity contribution < 1.29 is 26.5 Å². The van der Waals surface area contributed by atoms with E-state index in [1.54, 1.807) is 0 Å². The summed E-state index contributed by atoms with van der Waals surface area (Å²) in [4.78, 5) is 0. The molecule has 0 saturated carbocycles. The molecule has 7 heteroatoms. The van der Waals surface area contributed by atoms with Gasteiger partial charge in [0.25, 0.3) is 0 Å². The molecular formula is C10H11FO5S. The van der Waals surface area contributed by atoms with Crippen molar-refractivity contribution in [3.8, 4) is 5.75 Å². The van der Waals surface area contributed by atoms with Crippen LogP contribution in [0.2, 0.25) is 0 Å². The lowest BCUT2D eigenvalue weighted by Gasteiger charge is -2.11. The van der Waals surface area contributed by atoms with Crippen molar-refractivity contribution in [3.63, 3.8) is 0 Å². The summed E-state index contributed by atoms with van der Waals surface area (Å²) in [6.07, 6.45) is 0.927. The topological polar surface area (TPSA) is 61.8 Å². The van der Waals surface area contributed by atoms with E-state index in [0.29, 0.717) is 5.56 Å². The largest absolute Gasteiger partial charge is 0.382 e. The van der Waals surface area contributed by atoms with Gasteiger partial charge in [0.2, 0.25) is 0 Å². The Balaban J connectivity index is 2.47. The van der Waals surface area contributed by atoms with E-state index >= 15 is 0 Å². The lowest BCUT2D eigenvalue weighted by molar-refractivity contribution is -0.0590. The summed E-state index contributed by atoms with van der Waals surface area (Å²) in [6.45, 7) is 0.118. The molecule has 1 aromatic rings. The Morgan fingerprint density at radius 2 is 1.88 bits per heavy atom. The fourth-order valence-electron chi connectivity index (χ4n) is 1.54. The van der Waals surface area contributed by atoms with Gasteiger partial charge < -0.3 is 13.7 Å². The predicted molar refractivity (Wildman–Crippen MR) is 56.3 cm³/mol. The van der Waals surface area contributed by atoms with Gasteiger partial charge in [-0.25, -0.2) is 4.39 Å². The first kappa shape index (κ1) is 12.3. The molecule has 2 rings (SSSR count). The third kappa shape index (κ3) is 2.93. The number of fused-ring (bicyclic) bond motifs is 1. The van der Waals surface area contributed by atoms with Gasteiger partial charge in [-0.15, -0.1) is 0 Å². The molecule has 0 saturated heterocycles. The number of halogens is 1. The summed E-state index contributed by atoms with van der Waals surface area (Å²) in [7, 11) is -3.65. The quantitative estimate of drug-likeness (QED) is 0.749. The van der Waals surface area contributed by atoms with Gasteiger partial charge in [0.1, 0.15) is 18.4 Å². The van der Waals surface area contributed by atoms with E-state index < -0.39 is 15.9 Å². The maximum absolute atomic E-state index is 13.5. The molecule has 1 heterocycles. The molecule has 0 aromatic heterocycles. The third-order valence-corrected chi connectivity index (χ3v) is 2.71. The van der Waals surface area contributed by atoms with Crippen LogP contribution in [0.15, 0.2) is 12.1 Å². The molecule has 0 aliphatic carbocycles. The van der Waals surface area contributed by atoms with Crippen molar-refractivity contribution in [2.45, 2.75) is 13.2 Å². The maximum atomic E-state index is 13.5. The van der Waals surface area contributed by atoms with Crippen LogP contribution in [-0.4, -0.2) is 21.5 Å². The van der Waals surface area contributed by atoms with E-state index in [1.165, 1.54) is 6.07 Å². The molecule has 0 atom stereocenters. The zero-order valence-electron chi connectivity index (χ0n) is 9.10. The Hall–Kier alpha value is -1.18. The summed E-state index contributed by atoms with van der Waals surface area (Å²) in [5.74, 6) is -0.388. The first-order valence-corrected chi connectivity index (χ1v) is 6.64. The van der Waals surface area contributed by atoms with Crippen molar-refractivity contribution in [1.82, 2.24) is 0 Å². The number of rotatable bonds is 2. The lowest BCUT2D eigenvalue weighted by Crippen LogP contribution is -2.09. The first-order valence-electron chi connectivity index (χ1n) is 4.82. The van der Waals surface area contributed by atoms with Crippen LogP contribution in [0.4, 0.5) is 4.39 Å². The highest BCUT2D eigenvalue weighted by Crippen LogP contribution is 2.29. The van der Waals surface area contributed by atoms with Gasteiger partial charge in [0, 0.05) is 11.1 Å². The Kier molecular flexibility index (Phi) is 3.32. The highest BCUT2D eigenvalue weighted by Gasteiger charge is 2.19. The minimum absolute atomic E-state index is 0.0299. The van der Waals surface area contributed by atoms with Crippen LogP contribution in [0.3, 0.4) is 0 Å². The average Bonchev–Trinajstić information content (AvgIpc) is 2.46. The van der Waals surface area contributed by atoms with E-state index in [-0.39, 0.29) is 31.3 Å². The van der Waals surface area contributed by atoms with Gasteiger partial charge >= 0.3 is 10.1 Å². The average molecular weight is 262 g/mol. The zero-order chi connectivity index (χ0) is 12.5. The van der Waals surface area contributed by atoms with Crippen LogP contribution in [0.1, 0.15) is 11.1 Å². The summed E-state index contributed by atoms with van der Waals surface area (Å²) in [5.41, 5.74) is 0.636. The standard InChI is InChI=1S/C10H11FO5S/c1-17(12,13)16-10-3-2-9(11)7-4-14-6-15-5-8(7)10/h2-3H,4-6H2,1H3. The number of benzene rings is 1. The first-order chi connectivity index (χ1) is 7.97. The second-order valence-corrected chi connectivity index (χ2v) is 5.18. The van der Waals surface area contributed by atoms with Crippen molar-refractivity contribution in [2.75, 3.05) is 13.0 Å². The fourth-order valence-corrected chi connectivity index (χ4v) is 2.03. The van der Waals surface area contributed by atoms with E-state index in [1.807, 2.05) is 0 Å². The van der Waals surface area contributed by atoms with Gasteiger partial charge in [-0.1, -0.05) is 0 Å². The number of ether oxygens (including phenoxy) is 2. The van der Waals surface area contributed by atoms with Gasteiger partial charge in [-0.05, 0) is 12.1 Å². The summed E-state index contributed by atoms with van der Waals surface area (Å²) in [5, 5.41) is 0. The highest BCUT2D eigenvalue weighted by atomic mass is 32.2. The van der Waals surface area contributed by atoms with Crippen molar-refractivity contribution in [3.05, 3.63) is 29.1 Å². The molecule has 0 amide bonds. The van der Waals surface area contributed by atoms with Gasteiger partial charge in [0.05, 0.1) is 19.5 Å². The molecule has 94 valence electrons. The summed E-state index contributed by atoms with van der Waals surface area (Å²) in [6, 6.07) is 2.41. The molecule has 1 aliphatic rings. The molecule has 0 radical (unpaired) electrons. The summed E-state index contributed by atoms with van der Waals surface area (Å²) >= 11 is 0. The highest BCUT2D eigenvalue weighted by molar-refractivity contribution is 7.86. The minimum atomic E-state index is -3.65. The van der Waals surface area contributed by atoms with Crippen molar-refractivity contribution in [2.24, 2.45) is 0 Å².